The van der Waals surface area contributed by atoms with Gasteiger partial charge < -0.3 is 5.11 Å². The summed E-state index contributed by atoms with van der Waals surface area (Å²) in [6, 6.07) is 1.97. The van der Waals surface area contributed by atoms with Crippen LogP contribution in [0.4, 0.5) is 0 Å². The highest BCUT2D eigenvalue weighted by atomic mass is 79.9. The number of hydrogen-bond acceptors (Lipinski definition) is 2. The quantitative estimate of drug-likeness (QED) is 0.872. The number of thiophene rings is 1. The van der Waals surface area contributed by atoms with E-state index in [4.69, 9.17) is 5.11 Å². The van der Waals surface area contributed by atoms with Crippen LogP contribution in [0.25, 0.3) is 0 Å². The first-order valence-corrected chi connectivity index (χ1v) is 5.33. The van der Waals surface area contributed by atoms with Crippen LogP contribution in [0.3, 0.4) is 0 Å². The van der Waals surface area contributed by atoms with Crippen LogP contribution in [-0.2, 0) is 4.79 Å². The zero-order valence-corrected chi connectivity index (χ0v) is 8.56. The summed E-state index contributed by atoms with van der Waals surface area (Å²) in [5, 5.41) is 10.7. The van der Waals surface area contributed by atoms with Gasteiger partial charge in [-0.2, -0.15) is 0 Å². The molecule has 0 radical (unpaired) electrons. The lowest BCUT2D eigenvalue weighted by Crippen LogP contribution is -1.98. The van der Waals surface area contributed by atoms with Gasteiger partial charge in [0.05, 0.1) is 5.92 Å². The number of halogens is 1. The maximum Gasteiger partial charge on any atom is 0.307 e. The molecule has 2 nitrogen and oxygen atoms in total. The second-order valence-electron chi connectivity index (χ2n) is 2.92. The number of carboxylic acids is 1. The maximum atomic E-state index is 10.6. The zero-order chi connectivity index (χ0) is 8.72. The van der Waals surface area contributed by atoms with E-state index in [1.807, 2.05) is 11.4 Å². The Kier molecular flexibility index (Phi) is 1.96. The zero-order valence-electron chi connectivity index (χ0n) is 6.16. The summed E-state index contributed by atoms with van der Waals surface area (Å²) in [5.41, 5.74) is 0. The van der Waals surface area contributed by atoms with E-state index in [2.05, 4.69) is 15.9 Å². The highest BCUT2D eigenvalue weighted by molar-refractivity contribution is 9.10. The Morgan fingerprint density at radius 3 is 2.92 bits per heavy atom. The molecular weight excluding hydrogens is 240 g/mol. The van der Waals surface area contributed by atoms with Gasteiger partial charge in [-0.3, -0.25) is 4.79 Å². The van der Waals surface area contributed by atoms with E-state index in [0.29, 0.717) is 0 Å². The molecule has 0 saturated heterocycles. The standard InChI is InChI=1S/C8H7BrO2S/c9-6-1-2-12-7(6)4-3-5(4)8(10)11/h1-2,4-5H,3H2,(H,10,11)/t4-,5-/m1/s1. The second-order valence-corrected chi connectivity index (χ2v) is 4.72. The number of carbonyl (C=O) groups is 1. The Hall–Kier alpha value is -0.350. The van der Waals surface area contributed by atoms with Crippen molar-refractivity contribution in [1.82, 2.24) is 0 Å². The lowest BCUT2D eigenvalue weighted by atomic mass is 10.3. The topological polar surface area (TPSA) is 37.3 Å². The van der Waals surface area contributed by atoms with Gasteiger partial charge in [-0.1, -0.05) is 0 Å². The minimum Gasteiger partial charge on any atom is -0.481 e. The van der Waals surface area contributed by atoms with Gasteiger partial charge in [-0.05, 0) is 33.8 Å². The van der Waals surface area contributed by atoms with Crippen LogP contribution in [0.2, 0.25) is 0 Å². The first-order chi connectivity index (χ1) is 5.70. The summed E-state index contributed by atoms with van der Waals surface area (Å²) in [6.07, 6.45) is 0.800. The van der Waals surface area contributed by atoms with Crippen LogP contribution < -0.4 is 0 Å². The molecule has 1 N–H and O–H groups in total. The van der Waals surface area contributed by atoms with Crippen molar-refractivity contribution in [2.75, 3.05) is 0 Å². The Morgan fingerprint density at radius 1 is 1.75 bits per heavy atom. The van der Waals surface area contributed by atoms with E-state index >= 15 is 0 Å². The molecule has 1 aromatic rings. The maximum absolute atomic E-state index is 10.6. The summed E-state index contributed by atoms with van der Waals surface area (Å²) in [6.45, 7) is 0. The van der Waals surface area contributed by atoms with Gasteiger partial charge in [0.2, 0.25) is 0 Å². The predicted octanol–water partition coefficient (Wildman–Crippen LogP) is 2.70. The third-order valence-corrected chi connectivity index (χ3v) is 4.09. The summed E-state index contributed by atoms with van der Waals surface area (Å²) in [4.78, 5) is 11.8. The highest BCUT2D eigenvalue weighted by Crippen LogP contribution is 2.51. The van der Waals surface area contributed by atoms with Gasteiger partial charge in [0, 0.05) is 15.3 Å². The third-order valence-electron chi connectivity index (χ3n) is 2.09. The Balaban J connectivity index is 2.15. The van der Waals surface area contributed by atoms with E-state index in [0.717, 1.165) is 10.9 Å². The van der Waals surface area contributed by atoms with Crippen molar-refractivity contribution in [2.45, 2.75) is 12.3 Å². The summed E-state index contributed by atoms with van der Waals surface area (Å²) in [7, 11) is 0. The van der Waals surface area contributed by atoms with Gasteiger partial charge >= 0.3 is 5.97 Å². The molecule has 1 aliphatic carbocycles. The molecule has 1 aliphatic rings. The minimum absolute atomic E-state index is 0.139. The fourth-order valence-electron chi connectivity index (χ4n) is 1.33. The minimum atomic E-state index is -0.666. The smallest absolute Gasteiger partial charge is 0.307 e. The van der Waals surface area contributed by atoms with Crippen molar-refractivity contribution >= 4 is 33.2 Å². The molecule has 0 aromatic carbocycles. The van der Waals surface area contributed by atoms with Crippen LogP contribution >= 0.6 is 27.3 Å². The molecule has 2 rings (SSSR count). The van der Waals surface area contributed by atoms with E-state index in [1.54, 1.807) is 11.3 Å². The summed E-state index contributed by atoms with van der Waals surface area (Å²) in [5.74, 6) is -0.544. The van der Waals surface area contributed by atoms with Crippen molar-refractivity contribution in [3.05, 3.63) is 20.8 Å². The SMILES string of the molecule is O=C(O)[C@@H]1C[C@H]1c1sccc1Br. The number of carboxylic acid groups (broad SMARTS) is 1. The van der Waals surface area contributed by atoms with E-state index in [1.165, 1.54) is 4.88 Å². The average Bonchev–Trinajstić information content (AvgIpc) is 2.70. The molecule has 64 valence electrons. The second kappa shape index (κ2) is 2.85. The lowest BCUT2D eigenvalue weighted by molar-refractivity contribution is -0.138. The van der Waals surface area contributed by atoms with Gasteiger partial charge in [0.25, 0.3) is 0 Å². The van der Waals surface area contributed by atoms with Crippen LogP contribution in [-0.4, -0.2) is 11.1 Å². The Labute approximate surface area is 82.3 Å². The molecule has 1 saturated carbocycles. The molecular formula is C8H7BrO2S. The molecule has 12 heavy (non-hydrogen) atoms. The monoisotopic (exact) mass is 246 g/mol. The van der Waals surface area contributed by atoms with Crippen LogP contribution in [0.5, 0.6) is 0 Å². The fraction of sp³-hybridized carbons (Fsp3) is 0.375. The van der Waals surface area contributed by atoms with Crippen molar-refractivity contribution in [3.63, 3.8) is 0 Å². The Morgan fingerprint density at radius 2 is 2.50 bits per heavy atom. The first-order valence-electron chi connectivity index (χ1n) is 3.66. The molecule has 0 spiro atoms. The Bertz CT molecular complexity index is 321. The van der Waals surface area contributed by atoms with E-state index in [-0.39, 0.29) is 11.8 Å². The van der Waals surface area contributed by atoms with Gasteiger partial charge in [0.15, 0.2) is 0 Å². The first kappa shape index (κ1) is 8.26. The number of hydrogen-bond donors (Lipinski definition) is 1. The van der Waals surface area contributed by atoms with Gasteiger partial charge in [-0.15, -0.1) is 11.3 Å². The number of rotatable bonds is 2. The molecule has 0 unspecified atom stereocenters. The summed E-state index contributed by atoms with van der Waals surface area (Å²) < 4.78 is 1.06. The van der Waals surface area contributed by atoms with Crippen LogP contribution in [0.15, 0.2) is 15.9 Å². The largest absolute Gasteiger partial charge is 0.481 e. The normalized spacial score (nSPS) is 27.1. The molecule has 0 aliphatic heterocycles. The van der Waals surface area contributed by atoms with Crippen LogP contribution in [0.1, 0.15) is 17.2 Å². The molecule has 1 aromatic heterocycles. The molecule has 4 heteroatoms. The van der Waals surface area contributed by atoms with Gasteiger partial charge in [-0.25, -0.2) is 0 Å². The van der Waals surface area contributed by atoms with Crippen LogP contribution in [0, 0.1) is 5.92 Å². The highest BCUT2D eigenvalue weighted by Gasteiger charge is 2.45. The summed E-state index contributed by atoms with van der Waals surface area (Å²) >= 11 is 5.03. The van der Waals surface area contributed by atoms with E-state index < -0.39 is 5.97 Å². The average molecular weight is 247 g/mol. The fourth-order valence-corrected chi connectivity index (χ4v) is 3.18. The lowest BCUT2D eigenvalue weighted by Gasteiger charge is -1.92. The van der Waals surface area contributed by atoms with Gasteiger partial charge in [0.1, 0.15) is 0 Å². The number of aliphatic carboxylic acids is 1. The van der Waals surface area contributed by atoms with Crippen molar-refractivity contribution < 1.29 is 9.90 Å². The van der Waals surface area contributed by atoms with E-state index in [9.17, 15) is 4.79 Å². The van der Waals surface area contributed by atoms with Crippen molar-refractivity contribution in [3.8, 4) is 0 Å². The molecule has 1 fully saturated rings. The molecule has 0 amide bonds. The van der Waals surface area contributed by atoms with Crippen molar-refractivity contribution in [2.24, 2.45) is 5.92 Å². The third kappa shape index (κ3) is 1.29. The molecule has 2 atom stereocenters. The van der Waals surface area contributed by atoms with Crippen molar-refractivity contribution in [1.29, 1.82) is 0 Å². The predicted molar refractivity (Wildman–Crippen MR) is 50.5 cm³/mol. The molecule has 0 bridgehead atoms. The molecule has 1 heterocycles.